The summed E-state index contributed by atoms with van der Waals surface area (Å²) < 4.78 is 12.6. The largest absolute Gasteiger partial charge is 2.00 e. The smallest absolute Gasteiger partial charge is 1.00 e. The van der Waals surface area contributed by atoms with Crippen molar-refractivity contribution >= 4 is 49.5 Å². The summed E-state index contributed by atoms with van der Waals surface area (Å²) in [7, 11) is -4.80. The Bertz CT molecular complexity index is 53.0. The third kappa shape index (κ3) is 15.7. The number of rotatable bonds is 1. The minimum atomic E-state index is -4.80. The molecule has 0 saturated heterocycles. The van der Waals surface area contributed by atoms with E-state index in [1.54, 1.807) is 0 Å². The van der Waals surface area contributed by atoms with E-state index in [9.17, 15) is 4.53 Å². The molecule has 0 aromatic rings. The Morgan fingerprint density at radius 2 is 1.50 bits per heavy atom. The van der Waals surface area contributed by atoms with Crippen molar-refractivity contribution in [3.63, 3.8) is 0 Å². The van der Waals surface area contributed by atoms with Gasteiger partial charge in [0.25, 0.3) is 0 Å². The predicted molar refractivity (Wildman–Crippen MR) is 32.5 cm³/mol. The molecule has 0 fully saturated rings. The van der Waals surface area contributed by atoms with Crippen molar-refractivity contribution < 1.29 is 26.4 Å². The quantitative estimate of drug-likeness (QED) is 0.366. The fourth-order valence-electron chi connectivity index (χ4n) is 0. The Morgan fingerprint density at radius 3 is 1.50 bits per heavy atom. The van der Waals surface area contributed by atoms with Crippen LogP contribution in [0, 0.1) is 0 Å². The van der Waals surface area contributed by atoms with E-state index in [2.05, 4.69) is 4.63 Å². The molecule has 0 radical (unpaired) electrons. The molecule has 0 saturated carbocycles. The molecule has 48 valence electrons. The topological polar surface area (TPSA) is 69.9 Å². The van der Waals surface area contributed by atoms with Crippen LogP contribution in [0.15, 0.2) is 0 Å². The summed E-state index contributed by atoms with van der Waals surface area (Å²) in [4.78, 5) is 22.4. The van der Waals surface area contributed by atoms with Gasteiger partial charge >= 0.3 is 32.1 Å². The molecular formula is H8AlFMgO4Si. The molecular weight excluding hydrogens is 162 g/mol. The standard InChI is InChI=1S/Al.FH3O4Si.Mg.5H/c;1-5-6(2,3)4;;;;;;/h;2-4H;;;;;;/q;;+2;;;;2*-1. The van der Waals surface area contributed by atoms with Crippen molar-refractivity contribution in [1.29, 1.82) is 0 Å². The zero-order valence-electron chi connectivity index (χ0n) is 5.33. The minimum absolute atomic E-state index is 0. The van der Waals surface area contributed by atoms with Crippen molar-refractivity contribution in [2.24, 2.45) is 0 Å². The van der Waals surface area contributed by atoms with E-state index < -0.39 is 9.05 Å². The number of halogens is 1. The Labute approximate surface area is 75.9 Å². The Morgan fingerprint density at radius 1 is 1.38 bits per heavy atom. The monoisotopic (exact) mass is 170 g/mol. The molecule has 8 heavy (non-hydrogen) atoms. The molecule has 4 nitrogen and oxygen atoms in total. The van der Waals surface area contributed by atoms with Gasteiger partial charge in [0.2, 0.25) is 0 Å². The average Bonchev–Trinajstić information content (AvgIpc) is 1.35. The first-order chi connectivity index (χ1) is 2.56. The molecule has 0 aliphatic rings. The van der Waals surface area contributed by atoms with Crippen molar-refractivity contribution in [2.75, 3.05) is 0 Å². The van der Waals surface area contributed by atoms with E-state index in [4.69, 9.17) is 14.4 Å². The van der Waals surface area contributed by atoms with Gasteiger partial charge in [0, 0.05) is 0 Å². The normalized spacial score (nSPS) is 9.00. The van der Waals surface area contributed by atoms with Crippen LogP contribution in [-0.4, -0.2) is 63.8 Å². The summed E-state index contributed by atoms with van der Waals surface area (Å²) in [5.74, 6) is 0. The van der Waals surface area contributed by atoms with Gasteiger partial charge in [-0.3, -0.25) is 0 Å². The van der Waals surface area contributed by atoms with E-state index in [0.717, 1.165) is 0 Å². The van der Waals surface area contributed by atoms with Crippen molar-refractivity contribution in [1.82, 2.24) is 0 Å². The Hall–Kier alpha value is 1.29. The summed E-state index contributed by atoms with van der Waals surface area (Å²) in [6.07, 6.45) is 0. The van der Waals surface area contributed by atoms with Gasteiger partial charge in [-0.25, -0.2) is 0 Å². The maximum absolute atomic E-state index is 10.3. The molecule has 3 N–H and O–H groups in total. The van der Waals surface area contributed by atoms with Crippen LogP contribution < -0.4 is 0 Å². The zero-order chi connectivity index (χ0) is 5.21. The molecule has 0 atom stereocenters. The third-order valence-electron chi connectivity index (χ3n) is 0.104. The fourth-order valence-corrected chi connectivity index (χ4v) is 0. The molecule has 0 aliphatic carbocycles. The SMILES string of the molecule is O[Si](O)(O)OF.[AlH3].[H-].[H-].[Mg+2]. The molecule has 0 bridgehead atoms. The Balaban J connectivity index is -0.0000000208. The van der Waals surface area contributed by atoms with Gasteiger partial charge in [-0.15, -0.1) is 0 Å². The maximum Gasteiger partial charge on any atom is 2.00 e. The van der Waals surface area contributed by atoms with Gasteiger partial charge < -0.3 is 17.2 Å². The minimum Gasteiger partial charge on any atom is -1.00 e. The molecule has 8 heteroatoms. The van der Waals surface area contributed by atoms with Crippen LogP contribution in [0.5, 0.6) is 0 Å². The van der Waals surface area contributed by atoms with Gasteiger partial charge in [-0.05, 0) is 0 Å². The maximum atomic E-state index is 10.3. The molecule has 0 aromatic heterocycles. The van der Waals surface area contributed by atoms with Crippen LogP contribution in [0.3, 0.4) is 0 Å². The third-order valence-corrected chi connectivity index (χ3v) is 0.311. The second kappa shape index (κ2) is 6.41. The van der Waals surface area contributed by atoms with Crippen LogP contribution in [-0.2, 0) is 4.63 Å². The molecule has 0 aliphatic heterocycles. The zero-order valence-corrected chi connectivity index (χ0v) is 5.75. The summed E-state index contributed by atoms with van der Waals surface area (Å²) >= 11 is 0. The average molecular weight is 170 g/mol. The molecule has 0 spiro atoms. The van der Waals surface area contributed by atoms with Crippen molar-refractivity contribution in [3.8, 4) is 0 Å². The first-order valence-electron chi connectivity index (χ1n) is 1.03. The van der Waals surface area contributed by atoms with Crippen molar-refractivity contribution in [3.05, 3.63) is 0 Å². The summed E-state index contributed by atoms with van der Waals surface area (Å²) in [5.41, 5.74) is 0. The second-order valence-corrected chi connectivity index (χ2v) is 1.95. The summed E-state index contributed by atoms with van der Waals surface area (Å²) in [6.45, 7) is 0. The summed E-state index contributed by atoms with van der Waals surface area (Å²) in [5, 5.41) is 0. The van der Waals surface area contributed by atoms with Crippen LogP contribution in [0.25, 0.3) is 0 Å². The Kier molecular flexibility index (Phi) is 12.9. The van der Waals surface area contributed by atoms with E-state index in [1.807, 2.05) is 0 Å². The van der Waals surface area contributed by atoms with Crippen LogP contribution >= 0.6 is 0 Å². The first kappa shape index (κ1) is 16.1. The van der Waals surface area contributed by atoms with E-state index >= 15 is 0 Å². The number of hydrogen-bond acceptors (Lipinski definition) is 4. The molecule has 0 rings (SSSR count). The number of hydrogen-bond donors (Lipinski definition) is 3. The van der Waals surface area contributed by atoms with Crippen LogP contribution in [0.1, 0.15) is 2.85 Å². The first-order valence-corrected chi connectivity index (χ1v) is 2.78. The predicted octanol–water partition coefficient (Wildman–Crippen LogP) is -3.04. The summed E-state index contributed by atoms with van der Waals surface area (Å²) in [6, 6.07) is 0. The van der Waals surface area contributed by atoms with E-state index in [1.165, 1.54) is 0 Å². The van der Waals surface area contributed by atoms with Gasteiger partial charge in [-0.2, -0.15) is 4.63 Å². The van der Waals surface area contributed by atoms with Gasteiger partial charge in [0.1, 0.15) is 0 Å². The van der Waals surface area contributed by atoms with Crippen LogP contribution in [0.4, 0.5) is 4.53 Å². The van der Waals surface area contributed by atoms with Gasteiger partial charge in [0.15, 0.2) is 17.4 Å². The molecule has 0 amide bonds. The molecule has 0 aromatic carbocycles. The molecule has 0 heterocycles. The van der Waals surface area contributed by atoms with Gasteiger partial charge in [-0.1, -0.05) is 4.53 Å². The van der Waals surface area contributed by atoms with Crippen molar-refractivity contribution in [2.45, 2.75) is 0 Å². The second-order valence-electron chi connectivity index (χ2n) is 0.651. The fraction of sp³-hybridized carbons (Fsp3) is 0. The van der Waals surface area contributed by atoms with E-state index in [0.29, 0.717) is 0 Å². The van der Waals surface area contributed by atoms with Gasteiger partial charge in [0.05, 0.1) is 0 Å². The van der Waals surface area contributed by atoms with E-state index in [-0.39, 0.29) is 43.3 Å². The van der Waals surface area contributed by atoms with Crippen LogP contribution in [0.2, 0.25) is 0 Å². The molecule has 0 unspecified atom stereocenters.